The van der Waals surface area contributed by atoms with Crippen LogP contribution in [-0.4, -0.2) is 30.0 Å². The Labute approximate surface area is 197 Å². The lowest BCUT2D eigenvalue weighted by molar-refractivity contribution is -0.133. The van der Waals surface area contributed by atoms with E-state index in [0.717, 1.165) is 22.6 Å². The third-order valence-corrected chi connectivity index (χ3v) is 5.79. The molecule has 0 atom stereocenters. The molecule has 0 amide bonds. The van der Waals surface area contributed by atoms with E-state index in [2.05, 4.69) is 0 Å². The molecule has 32 heavy (non-hydrogen) atoms. The highest BCUT2D eigenvalue weighted by Gasteiger charge is 2.09. The van der Waals surface area contributed by atoms with Gasteiger partial charge in [-0.15, -0.1) is 11.8 Å². The maximum atomic E-state index is 10.8. The summed E-state index contributed by atoms with van der Waals surface area (Å²) < 4.78 is 17.7. The molecule has 0 saturated carbocycles. The number of carboxylic acids is 1. The van der Waals surface area contributed by atoms with Crippen molar-refractivity contribution >= 4 is 29.3 Å². The van der Waals surface area contributed by atoms with Gasteiger partial charge in [0, 0.05) is 22.4 Å². The molecule has 168 valence electrons. The zero-order chi connectivity index (χ0) is 22.8. The van der Waals surface area contributed by atoms with Crippen LogP contribution in [0.1, 0.15) is 18.9 Å². The molecule has 0 aromatic heterocycles. The van der Waals surface area contributed by atoms with Crippen LogP contribution in [0.15, 0.2) is 71.6 Å². The van der Waals surface area contributed by atoms with Crippen molar-refractivity contribution < 1.29 is 24.1 Å². The van der Waals surface area contributed by atoms with Gasteiger partial charge in [-0.1, -0.05) is 36.7 Å². The molecule has 0 radical (unpaired) electrons. The molecule has 0 aliphatic heterocycles. The Hall–Kier alpha value is -2.83. The predicted octanol–water partition coefficient (Wildman–Crippen LogP) is 6.72. The number of hydrogen-bond donors (Lipinski definition) is 1. The van der Waals surface area contributed by atoms with Gasteiger partial charge >= 0.3 is 5.97 Å². The molecule has 3 aromatic carbocycles. The third kappa shape index (κ3) is 7.39. The molecule has 0 bridgehead atoms. The minimum Gasteiger partial charge on any atom is -0.493 e. The predicted molar refractivity (Wildman–Crippen MR) is 128 cm³/mol. The normalized spacial score (nSPS) is 10.6. The number of carbonyl (C=O) groups is 1. The van der Waals surface area contributed by atoms with Crippen LogP contribution in [0.2, 0.25) is 5.02 Å². The highest BCUT2D eigenvalue weighted by Crippen LogP contribution is 2.34. The maximum absolute atomic E-state index is 10.8. The molecule has 0 aliphatic carbocycles. The van der Waals surface area contributed by atoms with E-state index in [4.69, 9.17) is 30.9 Å². The molecule has 0 saturated heterocycles. The van der Waals surface area contributed by atoms with Crippen molar-refractivity contribution in [1.82, 2.24) is 0 Å². The van der Waals surface area contributed by atoms with E-state index in [9.17, 15) is 4.79 Å². The Morgan fingerprint density at radius 1 is 0.938 bits per heavy atom. The first-order chi connectivity index (χ1) is 15.5. The summed E-state index contributed by atoms with van der Waals surface area (Å²) in [5, 5.41) is 9.45. The summed E-state index contributed by atoms with van der Waals surface area (Å²) in [4.78, 5) is 11.8. The first kappa shape index (κ1) is 23.8. The summed E-state index contributed by atoms with van der Waals surface area (Å²) in [7, 11) is 0. The van der Waals surface area contributed by atoms with Crippen molar-refractivity contribution in [1.29, 1.82) is 0 Å². The summed E-state index contributed by atoms with van der Waals surface area (Å²) >= 11 is 7.44. The molecule has 0 unspecified atom stereocenters. The number of ether oxygens (including phenoxy) is 3. The fraction of sp³-hybridized carbons (Fsp3) is 0.240. The van der Waals surface area contributed by atoms with Gasteiger partial charge in [0.15, 0.2) is 11.5 Å². The number of thioether (sulfide) groups is 1. The summed E-state index contributed by atoms with van der Waals surface area (Å²) in [6.45, 7) is 2.99. The monoisotopic (exact) mass is 472 g/mol. The van der Waals surface area contributed by atoms with E-state index in [-0.39, 0.29) is 5.75 Å². The number of halogens is 1. The number of hydrogen-bond acceptors (Lipinski definition) is 5. The van der Waals surface area contributed by atoms with Gasteiger partial charge in [0.2, 0.25) is 0 Å². The van der Waals surface area contributed by atoms with Crippen LogP contribution in [-0.2, 0) is 11.2 Å². The van der Waals surface area contributed by atoms with Gasteiger partial charge in [-0.2, -0.15) is 0 Å². The number of aryl methyl sites for hydroxylation is 1. The fourth-order valence-corrected chi connectivity index (χ4v) is 3.92. The molecular formula is C25H25ClO5S. The number of para-hydroxylation sites is 1. The van der Waals surface area contributed by atoms with E-state index in [1.165, 1.54) is 11.8 Å². The zero-order valence-corrected chi connectivity index (χ0v) is 19.3. The molecule has 5 nitrogen and oxygen atoms in total. The van der Waals surface area contributed by atoms with Gasteiger partial charge < -0.3 is 19.3 Å². The average Bonchev–Trinajstić information content (AvgIpc) is 2.79. The Bertz CT molecular complexity index is 1030. The van der Waals surface area contributed by atoms with Crippen molar-refractivity contribution in [2.75, 3.05) is 19.0 Å². The Kier molecular flexibility index (Phi) is 9.13. The Morgan fingerprint density at radius 3 is 2.47 bits per heavy atom. The molecule has 0 spiro atoms. The highest BCUT2D eigenvalue weighted by atomic mass is 35.5. The minimum absolute atomic E-state index is 0.0468. The highest BCUT2D eigenvalue weighted by molar-refractivity contribution is 8.00. The van der Waals surface area contributed by atoms with Crippen LogP contribution >= 0.6 is 23.4 Å². The summed E-state index contributed by atoms with van der Waals surface area (Å²) in [6, 6.07) is 20.5. The van der Waals surface area contributed by atoms with Crippen LogP contribution in [0, 0.1) is 0 Å². The number of rotatable bonds is 12. The molecule has 0 aliphatic rings. The van der Waals surface area contributed by atoms with Crippen molar-refractivity contribution in [3.05, 3.63) is 77.3 Å². The summed E-state index contributed by atoms with van der Waals surface area (Å²) in [5.74, 6) is 1.87. The van der Waals surface area contributed by atoms with Gasteiger partial charge in [-0.05, 0) is 54.4 Å². The lowest BCUT2D eigenvalue weighted by atomic mass is 10.1. The fourth-order valence-electron chi connectivity index (χ4n) is 2.93. The molecule has 0 fully saturated rings. The largest absolute Gasteiger partial charge is 0.493 e. The molecule has 7 heteroatoms. The van der Waals surface area contributed by atoms with E-state index in [0.29, 0.717) is 41.9 Å². The zero-order valence-electron chi connectivity index (χ0n) is 17.8. The van der Waals surface area contributed by atoms with Crippen LogP contribution in [0.4, 0.5) is 0 Å². The van der Waals surface area contributed by atoms with Crippen LogP contribution < -0.4 is 14.2 Å². The standard InChI is InChI=1S/C25H25ClO5S/c1-2-18-15-21(10-12-24(18)32-17-25(27)28)29-13-6-14-30-22-11-9-19(26)16-23(22)31-20-7-4-3-5-8-20/h3-5,7-12,15-16H,2,6,13-14,17H2,1H3,(H,27,28). The lowest BCUT2D eigenvalue weighted by Gasteiger charge is -2.14. The van der Waals surface area contributed by atoms with E-state index < -0.39 is 5.97 Å². The van der Waals surface area contributed by atoms with E-state index in [1.54, 1.807) is 18.2 Å². The molecule has 3 aromatic rings. The van der Waals surface area contributed by atoms with Crippen molar-refractivity contribution in [3.8, 4) is 23.0 Å². The number of carboxylic acid groups (broad SMARTS) is 1. The first-order valence-electron chi connectivity index (χ1n) is 10.3. The second-order valence-electron chi connectivity index (χ2n) is 6.86. The number of aliphatic carboxylic acids is 1. The van der Waals surface area contributed by atoms with E-state index in [1.807, 2.05) is 55.5 Å². The average molecular weight is 473 g/mol. The number of benzene rings is 3. The second kappa shape index (κ2) is 12.3. The van der Waals surface area contributed by atoms with Crippen LogP contribution in [0.5, 0.6) is 23.0 Å². The molecular weight excluding hydrogens is 448 g/mol. The minimum atomic E-state index is -0.824. The van der Waals surface area contributed by atoms with Crippen LogP contribution in [0.25, 0.3) is 0 Å². The smallest absolute Gasteiger partial charge is 0.313 e. The SMILES string of the molecule is CCc1cc(OCCCOc2ccc(Cl)cc2Oc2ccccc2)ccc1SCC(=O)O. The van der Waals surface area contributed by atoms with Crippen molar-refractivity contribution in [3.63, 3.8) is 0 Å². The van der Waals surface area contributed by atoms with Crippen molar-refractivity contribution in [2.45, 2.75) is 24.7 Å². The topological polar surface area (TPSA) is 65.0 Å². The van der Waals surface area contributed by atoms with Gasteiger partial charge in [0.05, 0.1) is 19.0 Å². The second-order valence-corrected chi connectivity index (χ2v) is 8.32. The molecule has 1 N–H and O–H groups in total. The quantitative estimate of drug-likeness (QED) is 0.233. The maximum Gasteiger partial charge on any atom is 0.313 e. The summed E-state index contributed by atoms with van der Waals surface area (Å²) in [6.07, 6.45) is 1.49. The van der Waals surface area contributed by atoms with Gasteiger partial charge in [-0.25, -0.2) is 0 Å². The first-order valence-corrected chi connectivity index (χ1v) is 11.7. The van der Waals surface area contributed by atoms with Crippen LogP contribution in [0.3, 0.4) is 0 Å². The Morgan fingerprint density at radius 2 is 1.72 bits per heavy atom. The van der Waals surface area contributed by atoms with Crippen molar-refractivity contribution in [2.24, 2.45) is 0 Å². The third-order valence-electron chi connectivity index (χ3n) is 4.46. The molecule has 0 heterocycles. The van der Waals surface area contributed by atoms with Gasteiger partial charge in [0.1, 0.15) is 11.5 Å². The Balaban J connectivity index is 1.50. The van der Waals surface area contributed by atoms with Gasteiger partial charge in [-0.3, -0.25) is 4.79 Å². The van der Waals surface area contributed by atoms with E-state index >= 15 is 0 Å². The lowest BCUT2D eigenvalue weighted by Crippen LogP contribution is -2.06. The molecule has 3 rings (SSSR count). The van der Waals surface area contributed by atoms with Gasteiger partial charge in [0.25, 0.3) is 0 Å². The summed E-state index contributed by atoms with van der Waals surface area (Å²) in [5.41, 5.74) is 1.08.